The van der Waals surface area contributed by atoms with Gasteiger partial charge in [0, 0.05) is 12.6 Å². The van der Waals surface area contributed by atoms with Crippen molar-refractivity contribution in [3.63, 3.8) is 0 Å². The highest BCUT2D eigenvalue weighted by Gasteiger charge is 2.18. The molecule has 4 heteroatoms. The molecular weight excluding hydrogens is 230 g/mol. The van der Waals surface area contributed by atoms with Gasteiger partial charge in [0.15, 0.2) is 0 Å². The number of hydrogen-bond donors (Lipinski definition) is 1. The topological polar surface area (TPSA) is 47.6 Å². The summed E-state index contributed by atoms with van der Waals surface area (Å²) >= 11 is 0. The highest BCUT2D eigenvalue weighted by atomic mass is 16.6. The van der Waals surface area contributed by atoms with Gasteiger partial charge in [-0.2, -0.15) is 0 Å². The highest BCUT2D eigenvalue weighted by molar-refractivity contribution is 5.70. The van der Waals surface area contributed by atoms with Crippen LogP contribution in [-0.2, 0) is 14.3 Å². The van der Waals surface area contributed by atoms with Gasteiger partial charge in [-0.25, -0.2) is 4.79 Å². The summed E-state index contributed by atoms with van der Waals surface area (Å²) < 4.78 is 10.1. The van der Waals surface area contributed by atoms with Gasteiger partial charge in [-0.1, -0.05) is 26.2 Å². The molecule has 1 fully saturated rings. The molecule has 18 heavy (non-hydrogen) atoms. The van der Waals surface area contributed by atoms with Gasteiger partial charge in [0.05, 0.1) is 13.2 Å². The van der Waals surface area contributed by atoms with Crippen molar-refractivity contribution in [2.24, 2.45) is 5.92 Å². The summed E-state index contributed by atoms with van der Waals surface area (Å²) in [7, 11) is 0. The van der Waals surface area contributed by atoms with E-state index in [0.29, 0.717) is 19.3 Å². The molecule has 0 aromatic heterocycles. The van der Waals surface area contributed by atoms with E-state index in [1.807, 2.05) is 0 Å². The van der Waals surface area contributed by atoms with Gasteiger partial charge in [0.25, 0.3) is 0 Å². The Labute approximate surface area is 110 Å². The molecule has 0 saturated heterocycles. The standard InChI is InChI=1S/C14H27NO3/c1-3-18-14(16)11-17-10-9-15-13-8-6-4-5-7-12(13)2/h12-13,15H,3-11H2,1-2H3. The molecule has 0 amide bonds. The van der Waals surface area contributed by atoms with Gasteiger partial charge in [-0.15, -0.1) is 0 Å². The predicted octanol–water partition coefficient (Wildman–Crippen LogP) is 2.12. The van der Waals surface area contributed by atoms with Gasteiger partial charge in [-0.3, -0.25) is 0 Å². The van der Waals surface area contributed by atoms with Crippen molar-refractivity contribution in [1.82, 2.24) is 5.32 Å². The molecule has 1 saturated carbocycles. The minimum absolute atomic E-state index is 0.0652. The molecule has 1 rings (SSSR count). The first-order valence-electron chi connectivity index (χ1n) is 7.20. The van der Waals surface area contributed by atoms with E-state index in [9.17, 15) is 4.79 Å². The van der Waals surface area contributed by atoms with Gasteiger partial charge < -0.3 is 14.8 Å². The molecule has 2 unspecified atom stereocenters. The van der Waals surface area contributed by atoms with Crippen LogP contribution in [0.1, 0.15) is 46.0 Å². The summed E-state index contributed by atoms with van der Waals surface area (Å²) in [5.74, 6) is 0.470. The van der Waals surface area contributed by atoms with Crippen LogP contribution < -0.4 is 5.32 Å². The zero-order valence-electron chi connectivity index (χ0n) is 11.7. The molecule has 106 valence electrons. The van der Waals surface area contributed by atoms with Crippen LogP contribution in [0.25, 0.3) is 0 Å². The number of ether oxygens (including phenoxy) is 2. The number of rotatable bonds is 7. The molecule has 1 aliphatic carbocycles. The fourth-order valence-electron chi connectivity index (χ4n) is 2.47. The highest BCUT2D eigenvalue weighted by Crippen LogP contribution is 2.22. The van der Waals surface area contributed by atoms with Crippen LogP contribution in [0, 0.1) is 5.92 Å². The zero-order valence-corrected chi connectivity index (χ0v) is 11.7. The van der Waals surface area contributed by atoms with E-state index >= 15 is 0 Å². The van der Waals surface area contributed by atoms with Gasteiger partial charge >= 0.3 is 5.97 Å². The molecule has 0 bridgehead atoms. The molecule has 1 N–H and O–H groups in total. The third-order valence-corrected chi connectivity index (χ3v) is 3.54. The van der Waals surface area contributed by atoms with Crippen molar-refractivity contribution in [1.29, 1.82) is 0 Å². The Morgan fingerprint density at radius 2 is 2.06 bits per heavy atom. The van der Waals surface area contributed by atoms with Crippen LogP contribution in [0.4, 0.5) is 0 Å². The summed E-state index contributed by atoms with van der Waals surface area (Å²) in [6, 6.07) is 0.610. The average Bonchev–Trinajstić information content (AvgIpc) is 2.54. The van der Waals surface area contributed by atoms with E-state index in [-0.39, 0.29) is 12.6 Å². The number of hydrogen-bond acceptors (Lipinski definition) is 4. The normalized spacial score (nSPS) is 24.6. The number of carbonyl (C=O) groups excluding carboxylic acids is 1. The largest absolute Gasteiger partial charge is 0.464 e. The Morgan fingerprint density at radius 3 is 2.83 bits per heavy atom. The minimum Gasteiger partial charge on any atom is -0.464 e. The average molecular weight is 257 g/mol. The van der Waals surface area contributed by atoms with Crippen LogP contribution in [0.15, 0.2) is 0 Å². The summed E-state index contributed by atoms with van der Waals surface area (Å²) in [5, 5.41) is 3.54. The smallest absolute Gasteiger partial charge is 0.332 e. The third kappa shape index (κ3) is 6.36. The lowest BCUT2D eigenvalue weighted by Gasteiger charge is -2.22. The first-order valence-corrected chi connectivity index (χ1v) is 7.20. The lowest BCUT2D eigenvalue weighted by molar-refractivity contribution is -0.148. The second kappa shape index (κ2) is 9.34. The summed E-state index contributed by atoms with van der Waals surface area (Å²) in [5.41, 5.74) is 0. The number of esters is 1. The monoisotopic (exact) mass is 257 g/mol. The van der Waals surface area contributed by atoms with E-state index in [1.54, 1.807) is 6.92 Å². The van der Waals surface area contributed by atoms with Crippen LogP contribution in [0.2, 0.25) is 0 Å². The Kier molecular flexibility index (Phi) is 8.01. The van der Waals surface area contributed by atoms with Crippen molar-refractivity contribution in [3.8, 4) is 0 Å². The zero-order chi connectivity index (χ0) is 13.2. The third-order valence-electron chi connectivity index (χ3n) is 3.54. The molecule has 0 aromatic rings. The number of nitrogens with one attached hydrogen (secondary N) is 1. The molecule has 2 atom stereocenters. The summed E-state index contributed by atoms with van der Waals surface area (Å²) in [6.07, 6.45) is 6.63. The first kappa shape index (κ1) is 15.4. The van der Waals surface area contributed by atoms with E-state index < -0.39 is 0 Å². The quantitative estimate of drug-likeness (QED) is 0.431. The molecule has 0 spiro atoms. The van der Waals surface area contributed by atoms with Crippen molar-refractivity contribution in [2.75, 3.05) is 26.4 Å². The van der Waals surface area contributed by atoms with Gasteiger partial charge in [0.1, 0.15) is 6.61 Å². The lowest BCUT2D eigenvalue weighted by atomic mass is 9.97. The fraction of sp³-hybridized carbons (Fsp3) is 0.929. The van der Waals surface area contributed by atoms with Crippen LogP contribution in [0.5, 0.6) is 0 Å². The second-order valence-electron chi connectivity index (χ2n) is 5.03. The maximum absolute atomic E-state index is 11.0. The Hall–Kier alpha value is -0.610. The van der Waals surface area contributed by atoms with Crippen molar-refractivity contribution >= 4 is 5.97 Å². The molecular formula is C14H27NO3. The minimum atomic E-state index is -0.277. The maximum atomic E-state index is 11.0. The summed E-state index contributed by atoms with van der Waals surface area (Å²) in [6.45, 7) is 5.99. The van der Waals surface area contributed by atoms with Crippen LogP contribution in [-0.4, -0.2) is 38.4 Å². The molecule has 4 nitrogen and oxygen atoms in total. The second-order valence-corrected chi connectivity index (χ2v) is 5.03. The Bertz CT molecular complexity index is 233. The van der Waals surface area contributed by atoms with E-state index in [4.69, 9.17) is 9.47 Å². The molecule has 0 aromatic carbocycles. The van der Waals surface area contributed by atoms with Crippen molar-refractivity contribution in [2.45, 2.75) is 52.0 Å². The van der Waals surface area contributed by atoms with Crippen LogP contribution in [0.3, 0.4) is 0 Å². The van der Waals surface area contributed by atoms with Crippen LogP contribution >= 0.6 is 0 Å². The van der Waals surface area contributed by atoms with E-state index in [2.05, 4.69) is 12.2 Å². The van der Waals surface area contributed by atoms with E-state index in [1.165, 1.54) is 32.1 Å². The van der Waals surface area contributed by atoms with Crippen molar-refractivity contribution in [3.05, 3.63) is 0 Å². The fourth-order valence-corrected chi connectivity index (χ4v) is 2.47. The molecule has 0 heterocycles. The summed E-state index contributed by atoms with van der Waals surface area (Å²) in [4.78, 5) is 11.0. The van der Waals surface area contributed by atoms with Crippen molar-refractivity contribution < 1.29 is 14.3 Å². The lowest BCUT2D eigenvalue weighted by Crippen LogP contribution is -2.36. The molecule has 0 aliphatic heterocycles. The molecule has 1 aliphatic rings. The van der Waals surface area contributed by atoms with E-state index in [0.717, 1.165) is 12.5 Å². The molecule has 0 radical (unpaired) electrons. The SMILES string of the molecule is CCOC(=O)COCCNC1CCCCCC1C. The Morgan fingerprint density at radius 1 is 1.28 bits per heavy atom. The predicted molar refractivity (Wildman–Crippen MR) is 71.5 cm³/mol. The van der Waals surface area contributed by atoms with Gasteiger partial charge in [-0.05, 0) is 25.7 Å². The number of carbonyl (C=O) groups is 1. The maximum Gasteiger partial charge on any atom is 0.332 e. The first-order chi connectivity index (χ1) is 8.74. The Balaban J connectivity index is 2.04. The van der Waals surface area contributed by atoms with Gasteiger partial charge in [0.2, 0.25) is 0 Å².